The molecule has 0 saturated carbocycles. The molecule has 2 heterocycles. The number of carbonyl (C=O) groups excluding carboxylic acids is 1. The van der Waals surface area contributed by atoms with Crippen LogP contribution < -0.4 is 10.2 Å². The Labute approximate surface area is 153 Å². The van der Waals surface area contributed by atoms with Crippen molar-refractivity contribution < 1.29 is 9.18 Å². The van der Waals surface area contributed by atoms with Gasteiger partial charge in [0.15, 0.2) is 0 Å². The van der Waals surface area contributed by atoms with Gasteiger partial charge >= 0.3 is 0 Å². The van der Waals surface area contributed by atoms with Gasteiger partial charge in [-0.3, -0.25) is 9.69 Å². The van der Waals surface area contributed by atoms with Crippen LogP contribution in [0.2, 0.25) is 0 Å². The highest BCUT2D eigenvalue weighted by atomic mass is 19.1. The second-order valence-corrected chi connectivity index (χ2v) is 7.21. The van der Waals surface area contributed by atoms with Gasteiger partial charge in [0.1, 0.15) is 5.82 Å². The van der Waals surface area contributed by atoms with E-state index in [1.807, 2.05) is 41.3 Å². The zero-order valence-electron chi connectivity index (χ0n) is 15.0. The molecule has 2 aromatic rings. The molecular formula is C21H24FN3O. The van der Waals surface area contributed by atoms with Gasteiger partial charge in [0.05, 0.1) is 6.54 Å². The normalized spacial score (nSPS) is 20.2. The molecule has 136 valence electrons. The Balaban J connectivity index is 1.57. The lowest BCUT2D eigenvalue weighted by Gasteiger charge is -2.32. The summed E-state index contributed by atoms with van der Waals surface area (Å²) in [4.78, 5) is 16.9. The fourth-order valence-electron chi connectivity index (χ4n) is 3.94. The molecule has 1 unspecified atom stereocenters. The van der Waals surface area contributed by atoms with Crippen LogP contribution in [-0.4, -0.2) is 49.6 Å². The third-order valence-electron chi connectivity index (χ3n) is 5.26. The largest absolute Gasteiger partial charge is 0.312 e. The first kappa shape index (κ1) is 17.2. The van der Waals surface area contributed by atoms with Gasteiger partial charge in [-0.05, 0) is 36.6 Å². The molecule has 0 aliphatic carbocycles. The van der Waals surface area contributed by atoms with Gasteiger partial charge in [0.2, 0.25) is 5.91 Å². The average molecular weight is 353 g/mol. The number of hydrogen-bond donors (Lipinski definition) is 1. The van der Waals surface area contributed by atoms with E-state index in [1.54, 1.807) is 6.07 Å². The van der Waals surface area contributed by atoms with Crippen LogP contribution in [0.3, 0.4) is 0 Å². The predicted molar refractivity (Wildman–Crippen MR) is 102 cm³/mol. The lowest BCUT2D eigenvalue weighted by atomic mass is 10.0. The van der Waals surface area contributed by atoms with E-state index >= 15 is 0 Å². The lowest BCUT2D eigenvalue weighted by Crippen LogP contribution is -2.52. The summed E-state index contributed by atoms with van der Waals surface area (Å²) < 4.78 is 14.6. The second-order valence-electron chi connectivity index (χ2n) is 7.21. The Kier molecular flexibility index (Phi) is 4.74. The molecular weight excluding hydrogens is 329 g/mol. The van der Waals surface area contributed by atoms with Crippen LogP contribution in [0.15, 0.2) is 42.5 Å². The van der Waals surface area contributed by atoms with Gasteiger partial charge in [-0.1, -0.05) is 30.3 Å². The van der Waals surface area contributed by atoms with E-state index in [4.69, 9.17) is 0 Å². The maximum absolute atomic E-state index is 14.6. The van der Waals surface area contributed by atoms with Crippen molar-refractivity contribution in [2.75, 3.05) is 37.6 Å². The van der Waals surface area contributed by atoms with Crippen LogP contribution >= 0.6 is 0 Å². The van der Waals surface area contributed by atoms with Crippen molar-refractivity contribution in [3.05, 3.63) is 53.8 Å². The number of carbonyl (C=O) groups is 1. The summed E-state index contributed by atoms with van der Waals surface area (Å²) >= 11 is 0. The number of piperazine rings is 1. The summed E-state index contributed by atoms with van der Waals surface area (Å²) in [6.45, 7) is 5.86. The summed E-state index contributed by atoms with van der Waals surface area (Å²) in [5.74, 6) is -0.122. The van der Waals surface area contributed by atoms with E-state index in [0.29, 0.717) is 31.1 Å². The smallest absolute Gasteiger partial charge is 0.241 e. The quantitative estimate of drug-likeness (QED) is 0.922. The molecule has 0 radical (unpaired) electrons. The van der Waals surface area contributed by atoms with Crippen molar-refractivity contribution >= 4 is 11.6 Å². The molecule has 1 amide bonds. The van der Waals surface area contributed by atoms with Crippen molar-refractivity contribution in [2.45, 2.75) is 19.4 Å². The van der Waals surface area contributed by atoms with Crippen LogP contribution in [-0.2, 0) is 11.2 Å². The summed E-state index contributed by atoms with van der Waals surface area (Å²) in [5.41, 5.74) is 3.17. The molecule has 4 nitrogen and oxygen atoms in total. The molecule has 0 spiro atoms. The second kappa shape index (κ2) is 7.17. The molecule has 1 N–H and O–H groups in total. The number of benzene rings is 2. The number of nitrogens with zero attached hydrogens (tertiary/aromatic N) is 2. The average Bonchev–Trinajstić information content (AvgIpc) is 3.04. The fourth-order valence-corrected chi connectivity index (χ4v) is 3.94. The predicted octanol–water partition coefficient (Wildman–Crippen LogP) is 2.68. The SMILES string of the molecule is CC1CN(CC(=O)N2CCc3cc(F)c(-c4ccccc4)cc32)CCN1. The minimum Gasteiger partial charge on any atom is -0.312 e. The number of amides is 1. The minimum absolute atomic E-state index is 0.100. The Morgan fingerprint density at radius 1 is 1.23 bits per heavy atom. The van der Waals surface area contributed by atoms with Crippen molar-refractivity contribution in [3.63, 3.8) is 0 Å². The zero-order valence-corrected chi connectivity index (χ0v) is 15.0. The third-order valence-corrected chi connectivity index (χ3v) is 5.26. The highest BCUT2D eigenvalue weighted by molar-refractivity contribution is 5.97. The Morgan fingerprint density at radius 3 is 2.81 bits per heavy atom. The van der Waals surface area contributed by atoms with Crippen LogP contribution in [0.25, 0.3) is 11.1 Å². The van der Waals surface area contributed by atoms with Gasteiger partial charge in [-0.2, -0.15) is 0 Å². The number of nitrogens with one attached hydrogen (secondary N) is 1. The first-order chi connectivity index (χ1) is 12.6. The van der Waals surface area contributed by atoms with E-state index in [0.717, 1.165) is 36.4 Å². The number of anilines is 1. The van der Waals surface area contributed by atoms with Crippen molar-refractivity contribution in [1.29, 1.82) is 0 Å². The van der Waals surface area contributed by atoms with E-state index < -0.39 is 0 Å². The third kappa shape index (κ3) is 3.37. The summed E-state index contributed by atoms with van der Waals surface area (Å²) in [6.07, 6.45) is 0.713. The Bertz CT molecular complexity index is 808. The molecule has 2 aliphatic rings. The van der Waals surface area contributed by atoms with E-state index in [2.05, 4.69) is 17.1 Å². The minimum atomic E-state index is -0.222. The van der Waals surface area contributed by atoms with Crippen molar-refractivity contribution in [2.24, 2.45) is 0 Å². The van der Waals surface area contributed by atoms with Gasteiger partial charge in [0.25, 0.3) is 0 Å². The van der Waals surface area contributed by atoms with E-state index in [1.165, 1.54) is 0 Å². The summed E-state index contributed by atoms with van der Waals surface area (Å²) in [5, 5.41) is 3.39. The fraction of sp³-hybridized carbons (Fsp3) is 0.381. The van der Waals surface area contributed by atoms with Crippen LogP contribution in [0.1, 0.15) is 12.5 Å². The van der Waals surface area contributed by atoms with Gasteiger partial charge < -0.3 is 10.2 Å². The summed E-state index contributed by atoms with van der Waals surface area (Å²) in [7, 11) is 0. The van der Waals surface area contributed by atoms with Crippen LogP contribution in [0, 0.1) is 5.82 Å². The van der Waals surface area contributed by atoms with Crippen LogP contribution in [0.5, 0.6) is 0 Å². The molecule has 2 aromatic carbocycles. The highest BCUT2D eigenvalue weighted by Gasteiger charge is 2.28. The molecule has 1 atom stereocenters. The number of hydrogen-bond acceptors (Lipinski definition) is 3. The number of fused-ring (bicyclic) bond motifs is 1. The molecule has 0 bridgehead atoms. The first-order valence-electron chi connectivity index (χ1n) is 9.26. The van der Waals surface area contributed by atoms with Crippen molar-refractivity contribution in [1.82, 2.24) is 10.2 Å². The maximum Gasteiger partial charge on any atom is 0.241 e. The Hall–Kier alpha value is -2.24. The van der Waals surface area contributed by atoms with Crippen LogP contribution in [0.4, 0.5) is 10.1 Å². The molecule has 0 aromatic heterocycles. The molecule has 1 fully saturated rings. The number of halogens is 1. The summed E-state index contributed by atoms with van der Waals surface area (Å²) in [6, 6.07) is 13.3. The zero-order chi connectivity index (χ0) is 18.1. The van der Waals surface area contributed by atoms with Crippen molar-refractivity contribution in [3.8, 4) is 11.1 Å². The van der Waals surface area contributed by atoms with Gasteiger partial charge in [-0.15, -0.1) is 0 Å². The number of rotatable bonds is 3. The first-order valence-corrected chi connectivity index (χ1v) is 9.26. The standard InChI is InChI=1S/C21H24FN3O/c1-15-13-24(10-8-23-15)14-21(26)25-9-7-17-11-19(22)18(12-20(17)25)16-5-3-2-4-6-16/h2-6,11-12,15,23H,7-10,13-14H2,1H3. The molecule has 4 rings (SSSR count). The van der Waals surface area contributed by atoms with Gasteiger partial charge in [0, 0.05) is 43.5 Å². The Morgan fingerprint density at radius 2 is 2.04 bits per heavy atom. The topological polar surface area (TPSA) is 35.6 Å². The highest BCUT2D eigenvalue weighted by Crippen LogP contribution is 2.35. The van der Waals surface area contributed by atoms with Gasteiger partial charge in [-0.25, -0.2) is 4.39 Å². The van der Waals surface area contributed by atoms with E-state index in [9.17, 15) is 9.18 Å². The monoisotopic (exact) mass is 353 g/mol. The molecule has 2 aliphatic heterocycles. The molecule has 1 saturated heterocycles. The molecule has 5 heteroatoms. The lowest BCUT2D eigenvalue weighted by molar-refractivity contribution is -0.119. The maximum atomic E-state index is 14.6. The molecule has 26 heavy (non-hydrogen) atoms. The van der Waals surface area contributed by atoms with E-state index in [-0.39, 0.29) is 11.7 Å².